The molecule has 1 aromatic heterocycles. The van der Waals surface area contributed by atoms with E-state index in [0.717, 1.165) is 6.33 Å². The second-order valence-electron chi connectivity index (χ2n) is 5.71. The van der Waals surface area contributed by atoms with Gasteiger partial charge in [-0.3, -0.25) is 0 Å². The number of rotatable bonds is 7. The van der Waals surface area contributed by atoms with E-state index in [0.29, 0.717) is 27.2 Å². The number of benzene rings is 2. The van der Waals surface area contributed by atoms with Crippen LogP contribution in [0.5, 0.6) is 11.5 Å². The predicted molar refractivity (Wildman–Crippen MR) is 104 cm³/mol. The Morgan fingerprint density at radius 2 is 1.87 bits per heavy atom. The Morgan fingerprint density at radius 3 is 2.47 bits per heavy atom. The second kappa shape index (κ2) is 8.66. The third-order valence-electron chi connectivity index (χ3n) is 3.99. The number of hydrogen-bond donors (Lipinski definition) is 0. The summed E-state index contributed by atoms with van der Waals surface area (Å²) in [6.07, 6.45) is 1.08. The van der Waals surface area contributed by atoms with Crippen LogP contribution in [0.2, 0.25) is 5.02 Å². The zero-order valence-electron chi connectivity index (χ0n) is 15.4. The van der Waals surface area contributed by atoms with Gasteiger partial charge in [0.05, 0.1) is 20.8 Å². The number of methoxy groups -OCH3 is 2. The number of halogens is 4. The molecule has 0 aliphatic heterocycles. The summed E-state index contributed by atoms with van der Waals surface area (Å²) in [5.74, 6) is -4.10. The molecule has 1 heterocycles. The molecule has 0 saturated heterocycles. The molecule has 0 spiro atoms. The lowest BCUT2D eigenvalue weighted by Gasteiger charge is -2.23. The Morgan fingerprint density at radius 1 is 1.13 bits per heavy atom. The van der Waals surface area contributed by atoms with Crippen LogP contribution in [0, 0.1) is 17.5 Å². The van der Waals surface area contributed by atoms with Crippen LogP contribution in [0.25, 0.3) is 0 Å². The van der Waals surface area contributed by atoms with Gasteiger partial charge in [-0.05, 0) is 12.1 Å². The van der Waals surface area contributed by atoms with Gasteiger partial charge in [-0.15, -0.1) is 0 Å². The summed E-state index contributed by atoms with van der Waals surface area (Å²) in [5.41, 5.74) is 0.339. The highest BCUT2D eigenvalue weighted by Gasteiger charge is 2.35. The molecule has 0 aliphatic rings. The maximum absolute atomic E-state index is 14.5. The maximum Gasteiger partial charge on any atom is 0.272 e. The van der Waals surface area contributed by atoms with Gasteiger partial charge >= 0.3 is 0 Å². The van der Waals surface area contributed by atoms with Crippen LogP contribution < -0.4 is 13.8 Å². The standard InChI is InChI=1S/C17H13ClF3N3O4S2/c1-27-10-4-3-9(13(5-10)28-2)7-24(17-22-8-23-29-17)30(25,26)16-12(20)6-11(19)14(18)15(16)21/h3-6,8H,7H2,1-2H3. The molecule has 0 atom stereocenters. The quantitative estimate of drug-likeness (QED) is 0.376. The van der Waals surface area contributed by atoms with E-state index in [1.54, 1.807) is 6.07 Å². The predicted octanol–water partition coefficient (Wildman–Crippen LogP) is 4.02. The number of hydrogen-bond acceptors (Lipinski definition) is 7. The van der Waals surface area contributed by atoms with Crippen molar-refractivity contribution in [1.29, 1.82) is 0 Å². The smallest absolute Gasteiger partial charge is 0.272 e. The molecule has 3 aromatic rings. The van der Waals surface area contributed by atoms with Gasteiger partial charge in [-0.1, -0.05) is 11.6 Å². The summed E-state index contributed by atoms with van der Waals surface area (Å²) in [6.45, 7) is -0.418. The molecule has 13 heteroatoms. The molecule has 0 aliphatic carbocycles. The lowest BCUT2D eigenvalue weighted by Crippen LogP contribution is -2.32. The van der Waals surface area contributed by atoms with Gasteiger partial charge in [0.15, 0.2) is 10.7 Å². The first-order valence-electron chi connectivity index (χ1n) is 8.04. The Kier molecular flexibility index (Phi) is 6.38. The van der Waals surface area contributed by atoms with Crippen LogP contribution in [0.3, 0.4) is 0 Å². The number of nitrogens with zero attached hydrogens (tertiary/aromatic N) is 3. The summed E-state index contributed by atoms with van der Waals surface area (Å²) < 4.78 is 83.5. The minimum Gasteiger partial charge on any atom is -0.497 e. The lowest BCUT2D eigenvalue weighted by molar-refractivity contribution is 0.391. The molecule has 0 N–H and O–H groups in total. The van der Waals surface area contributed by atoms with Crippen molar-refractivity contribution in [2.24, 2.45) is 0 Å². The van der Waals surface area contributed by atoms with Gasteiger partial charge in [0, 0.05) is 29.2 Å². The monoisotopic (exact) mass is 479 g/mol. The Bertz CT molecular complexity index is 1180. The molecule has 7 nitrogen and oxygen atoms in total. The Balaban J connectivity index is 2.16. The van der Waals surface area contributed by atoms with E-state index in [1.165, 1.54) is 26.4 Å². The summed E-state index contributed by atoms with van der Waals surface area (Å²) in [7, 11) is -2.11. The van der Waals surface area contributed by atoms with E-state index in [1.807, 2.05) is 0 Å². The van der Waals surface area contributed by atoms with Crippen molar-refractivity contribution >= 4 is 38.3 Å². The lowest BCUT2D eigenvalue weighted by atomic mass is 10.2. The first-order valence-corrected chi connectivity index (χ1v) is 10.6. The highest BCUT2D eigenvalue weighted by atomic mass is 35.5. The first-order chi connectivity index (χ1) is 14.2. The van der Waals surface area contributed by atoms with Gasteiger partial charge in [0.25, 0.3) is 10.0 Å². The fourth-order valence-corrected chi connectivity index (χ4v) is 5.02. The number of sulfonamides is 1. The van der Waals surface area contributed by atoms with Gasteiger partial charge in [-0.25, -0.2) is 30.9 Å². The van der Waals surface area contributed by atoms with Crippen molar-refractivity contribution in [1.82, 2.24) is 9.36 Å². The number of ether oxygens (including phenoxy) is 2. The van der Waals surface area contributed by atoms with E-state index in [-0.39, 0.29) is 16.9 Å². The van der Waals surface area contributed by atoms with E-state index in [2.05, 4.69) is 9.36 Å². The SMILES string of the molecule is COc1ccc(CN(c2ncns2)S(=O)(=O)c2c(F)cc(F)c(Cl)c2F)c(OC)c1. The molecule has 0 bridgehead atoms. The van der Waals surface area contributed by atoms with Crippen molar-refractivity contribution in [3.63, 3.8) is 0 Å². The van der Waals surface area contributed by atoms with Gasteiger partial charge in [0.2, 0.25) is 5.13 Å². The van der Waals surface area contributed by atoms with Crippen LogP contribution in [0.1, 0.15) is 5.56 Å². The zero-order chi connectivity index (χ0) is 22.1. The summed E-state index contributed by atoms with van der Waals surface area (Å²) in [6, 6.07) is 4.78. The minimum absolute atomic E-state index is 0.174. The van der Waals surface area contributed by atoms with Crippen molar-refractivity contribution in [3.05, 3.63) is 58.6 Å². The molecule has 0 unspecified atom stereocenters. The van der Waals surface area contributed by atoms with Gasteiger partial charge in [0.1, 0.15) is 34.5 Å². The molecule has 0 radical (unpaired) electrons. The second-order valence-corrected chi connectivity index (χ2v) is 8.65. The average Bonchev–Trinajstić information content (AvgIpc) is 3.24. The largest absolute Gasteiger partial charge is 0.497 e. The van der Waals surface area contributed by atoms with Crippen LogP contribution in [-0.2, 0) is 16.6 Å². The zero-order valence-corrected chi connectivity index (χ0v) is 17.8. The third kappa shape index (κ3) is 4.02. The summed E-state index contributed by atoms with van der Waals surface area (Å²) in [4.78, 5) is 2.42. The van der Waals surface area contributed by atoms with Crippen molar-refractivity contribution in [2.45, 2.75) is 11.4 Å². The molecule has 0 amide bonds. The van der Waals surface area contributed by atoms with E-state index in [4.69, 9.17) is 21.1 Å². The van der Waals surface area contributed by atoms with Crippen molar-refractivity contribution in [2.75, 3.05) is 18.5 Å². The van der Waals surface area contributed by atoms with Crippen molar-refractivity contribution in [3.8, 4) is 11.5 Å². The first kappa shape index (κ1) is 22.1. The fraction of sp³-hybridized carbons (Fsp3) is 0.176. The molecule has 0 fully saturated rings. The molecule has 3 rings (SSSR count). The van der Waals surface area contributed by atoms with E-state index >= 15 is 0 Å². The van der Waals surface area contributed by atoms with Crippen molar-refractivity contribution < 1.29 is 31.1 Å². The molecular formula is C17H13ClF3N3O4S2. The number of anilines is 1. The maximum atomic E-state index is 14.5. The summed E-state index contributed by atoms with van der Waals surface area (Å²) in [5, 5.41) is -1.32. The minimum atomic E-state index is -4.91. The fourth-order valence-electron chi connectivity index (χ4n) is 2.57. The topological polar surface area (TPSA) is 81.6 Å². The Labute approximate surface area is 178 Å². The van der Waals surface area contributed by atoms with Crippen LogP contribution >= 0.6 is 23.1 Å². The van der Waals surface area contributed by atoms with Gasteiger partial charge in [-0.2, -0.15) is 4.37 Å². The highest BCUT2D eigenvalue weighted by Crippen LogP contribution is 2.35. The molecular weight excluding hydrogens is 467 g/mol. The van der Waals surface area contributed by atoms with E-state index in [9.17, 15) is 21.6 Å². The average molecular weight is 480 g/mol. The summed E-state index contributed by atoms with van der Waals surface area (Å²) >= 11 is 6.15. The molecule has 0 saturated carbocycles. The van der Waals surface area contributed by atoms with Crippen LogP contribution in [-0.4, -0.2) is 32.0 Å². The van der Waals surface area contributed by atoms with Gasteiger partial charge < -0.3 is 9.47 Å². The normalized spacial score (nSPS) is 11.4. The van der Waals surface area contributed by atoms with E-state index < -0.39 is 43.9 Å². The third-order valence-corrected chi connectivity index (χ3v) is 6.91. The molecule has 160 valence electrons. The Hall–Kier alpha value is -2.57. The number of aromatic nitrogens is 2. The highest BCUT2D eigenvalue weighted by molar-refractivity contribution is 7.93. The van der Waals surface area contributed by atoms with Crippen LogP contribution in [0.15, 0.2) is 35.5 Å². The molecule has 30 heavy (non-hydrogen) atoms. The van der Waals surface area contributed by atoms with Crippen LogP contribution in [0.4, 0.5) is 18.3 Å². The molecule has 2 aromatic carbocycles.